The summed E-state index contributed by atoms with van der Waals surface area (Å²) in [5.41, 5.74) is 1.43. The second kappa shape index (κ2) is 9.27. The number of benzene rings is 1. The summed E-state index contributed by atoms with van der Waals surface area (Å²) in [6.45, 7) is 4.56. The van der Waals surface area contributed by atoms with Gasteiger partial charge in [-0.25, -0.2) is 0 Å². The third-order valence-corrected chi connectivity index (χ3v) is 3.49. The maximum absolute atomic E-state index is 3.42. The van der Waals surface area contributed by atoms with Crippen molar-refractivity contribution in [1.82, 2.24) is 0 Å². The van der Waals surface area contributed by atoms with Gasteiger partial charge in [-0.05, 0) is 30.4 Å². The Hall–Kier alpha value is -0.780. The molecule has 0 fully saturated rings. The van der Waals surface area contributed by atoms with E-state index in [2.05, 4.69) is 44.2 Å². The summed E-state index contributed by atoms with van der Waals surface area (Å²) >= 11 is 0. The van der Waals surface area contributed by atoms with Gasteiger partial charge in [-0.1, -0.05) is 76.6 Å². The predicted octanol–water partition coefficient (Wildman–Crippen LogP) is 5.73. The summed E-state index contributed by atoms with van der Waals surface area (Å²) in [4.78, 5) is 0. The van der Waals surface area contributed by atoms with Crippen LogP contribution in [0.4, 0.5) is 0 Å². The van der Waals surface area contributed by atoms with Crippen LogP contribution in [0.2, 0.25) is 0 Å². The van der Waals surface area contributed by atoms with Gasteiger partial charge in [-0.3, -0.25) is 0 Å². The highest BCUT2D eigenvalue weighted by molar-refractivity contribution is 5.17. The molecule has 0 N–H and O–H groups in total. The Morgan fingerprint density at radius 1 is 0.941 bits per heavy atom. The van der Waals surface area contributed by atoms with Gasteiger partial charge >= 0.3 is 0 Å². The molecule has 0 aliphatic heterocycles. The quantitative estimate of drug-likeness (QED) is 0.476. The molecule has 1 aromatic rings. The standard InChI is InChI=1S/C17H27/c1-3-5-8-12-16(13-9-6-4-2)17-14-10-7-11-15-17/h7,10-11,14,16H,3-6,8-9,12-13H2,1-2H3. The largest absolute Gasteiger partial charge is 0.0654 e. The molecule has 0 bridgehead atoms. The van der Waals surface area contributed by atoms with Gasteiger partial charge in [-0.15, -0.1) is 0 Å². The molecule has 0 heterocycles. The van der Waals surface area contributed by atoms with Gasteiger partial charge in [0.1, 0.15) is 0 Å². The highest BCUT2D eigenvalue weighted by Gasteiger charge is 2.10. The van der Waals surface area contributed by atoms with Crippen LogP contribution in [0.25, 0.3) is 0 Å². The average Bonchev–Trinajstić information content (AvgIpc) is 2.38. The van der Waals surface area contributed by atoms with E-state index in [0.717, 1.165) is 5.92 Å². The van der Waals surface area contributed by atoms with Crippen molar-refractivity contribution >= 4 is 0 Å². The maximum Gasteiger partial charge on any atom is -0.0146 e. The summed E-state index contributed by atoms with van der Waals surface area (Å²) < 4.78 is 0. The first-order valence-corrected chi connectivity index (χ1v) is 7.35. The first-order valence-electron chi connectivity index (χ1n) is 7.35. The zero-order valence-corrected chi connectivity index (χ0v) is 11.5. The van der Waals surface area contributed by atoms with E-state index < -0.39 is 0 Å². The fraction of sp³-hybridized carbons (Fsp3) is 0.647. The highest BCUT2D eigenvalue weighted by Crippen LogP contribution is 2.27. The van der Waals surface area contributed by atoms with Crippen LogP contribution in [0.1, 0.15) is 76.7 Å². The van der Waals surface area contributed by atoms with Gasteiger partial charge in [0.25, 0.3) is 0 Å². The third kappa shape index (κ3) is 5.91. The van der Waals surface area contributed by atoms with E-state index in [1.807, 2.05) is 0 Å². The van der Waals surface area contributed by atoms with Crippen molar-refractivity contribution in [3.05, 3.63) is 35.9 Å². The van der Waals surface area contributed by atoms with Gasteiger partial charge in [-0.2, -0.15) is 0 Å². The Labute approximate surface area is 107 Å². The molecule has 0 nitrogen and oxygen atoms in total. The molecule has 0 aromatic heterocycles. The van der Waals surface area contributed by atoms with E-state index in [4.69, 9.17) is 0 Å². The SMILES string of the molecule is CCCCCC(CCCCC)c1[c]cccc1. The lowest BCUT2D eigenvalue weighted by atomic mass is 9.88. The molecule has 0 saturated carbocycles. The number of hydrogen-bond donors (Lipinski definition) is 0. The molecular formula is C17H27. The van der Waals surface area contributed by atoms with Crippen LogP contribution >= 0.6 is 0 Å². The molecule has 1 aromatic carbocycles. The van der Waals surface area contributed by atoms with Crippen LogP contribution in [-0.4, -0.2) is 0 Å². The number of unbranched alkanes of at least 4 members (excludes halogenated alkanes) is 4. The molecule has 0 saturated heterocycles. The van der Waals surface area contributed by atoms with Crippen molar-refractivity contribution in [3.63, 3.8) is 0 Å². The van der Waals surface area contributed by atoms with Crippen LogP contribution in [0.15, 0.2) is 24.3 Å². The Bertz CT molecular complexity index is 253. The molecule has 0 aliphatic carbocycles. The summed E-state index contributed by atoms with van der Waals surface area (Å²) in [7, 11) is 0. The molecule has 0 amide bonds. The van der Waals surface area contributed by atoms with Crippen LogP contribution in [0.5, 0.6) is 0 Å². The Morgan fingerprint density at radius 3 is 2.06 bits per heavy atom. The Kier molecular flexibility index (Phi) is 7.79. The fourth-order valence-electron chi connectivity index (χ4n) is 2.40. The number of hydrogen-bond acceptors (Lipinski definition) is 0. The van der Waals surface area contributed by atoms with Crippen LogP contribution in [0.3, 0.4) is 0 Å². The first kappa shape index (κ1) is 14.3. The van der Waals surface area contributed by atoms with Crippen LogP contribution in [0, 0.1) is 6.07 Å². The van der Waals surface area contributed by atoms with Gasteiger partial charge in [0.15, 0.2) is 0 Å². The van der Waals surface area contributed by atoms with Gasteiger partial charge < -0.3 is 0 Å². The monoisotopic (exact) mass is 231 g/mol. The Morgan fingerprint density at radius 2 is 1.59 bits per heavy atom. The minimum absolute atomic E-state index is 0.745. The van der Waals surface area contributed by atoms with Crippen LogP contribution < -0.4 is 0 Å². The molecule has 0 atom stereocenters. The van der Waals surface area contributed by atoms with Crippen LogP contribution in [-0.2, 0) is 0 Å². The van der Waals surface area contributed by atoms with Crippen molar-refractivity contribution < 1.29 is 0 Å². The summed E-state index contributed by atoms with van der Waals surface area (Å²) in [6.07, 6.45) is 10.8. The fourth-order valence-corrected chi connectivity index (χ4v) is 2.40. The van der Waals surface area contributed by atoms with Crippen molar-refractivity contribution in [1.29, 1.82) is 0 Å². The average molecular weight is 231 g/mol. The second-order valence-electron chi connectivity index (χ2n) is 5.01. The van der Waals surface area contributed by atoms with E-state index in [1.54, 1.807) is 0 Å². The van der Waals surface area contributed by atoms with Crippen molar-refractivity contribution in [2.45, 2.75) is 71.1 Å². The lowest BCUT2D eigenvalue weighted by molar-refractivity contribution is 0.506. The molecule has 0 heteroatoms. The van der Waals surface area contributed by atoms with Crippen molar-refractivity contribution in [2.75, 3.05) is 0 Å². The van der Waals surface area contributed by atoms with E-state index in [-0.39, 0.29) is 0 Å². The van der Waals surface area contributed by atoms with E-state index in [9.17, 15) is 0 Å². The van der Waals surface area contributed by atoms with Gasteiger partial charge in [0, 0.05) is 0 Å². The molecule has 1 rings (SSSR count). The highest BCUT2D eigenvalue weighted by atomic mass is 14.1. The van der Waals surface area contributed by atoms with Crippen molar-refractivity contribution in [2.24, 2.45) is 0 Å². The topological polar surface area (TPSA) is 0 Å². The molecule has 95 valence electrons. The Balaban J connectivity index is 2.46. The summed E-state index contributed by atoms with van der Waals surface area (Å²) in [5.74, 6) is 0.745. The van der Waals surface area contributed by atoms with E-state index in [0.29, 0.717) is 0 Å². The lowest BCUT2D eigenvalue weighted by Crippen LogP contribution is -1.99. The summed E-state index contributed by atoms with van der Waals surface area (Å²) in [5, 5.41) is 0. The van der Waals surface area contributed by atoms with Gasteiger partial charge in [0.05, 0.1) is 0 Å². The lowest BCUT2D eigenvalue weighted by Gasteiger charge is -2.16. The second-order valence-corrected chi connectivity index (χ2v) is 5.01. The normalized spacial score (nSPS) is 11.0. The molecule has 17 heavy (non-hydrogen) atoms. The predicted molar refractivity (Wildman–Crippen MR) is 76.3 cm³/mol. The summed E-state index contributed by atoms with van der Waals surface area (Å²) in [6, 6.07) is 12.0. The van der Waals surface area contributed by atoms with E-state index in [1.165, 1.54) is 56.9 Å². The molecular weight excluding hydrogens is 204 g/mol. The number of rotatable bonds is 9. The molecule has 0 spiro atoms. The van der Waals surface area contributed by atoms with E-state index >= 15 is 0 Å². The van der Waals surface area contributed by atoms with Crippen molar-refractivity contribution in [3.8, 4) is 0 Å². The zero-order valence-electron chi connectivity index (χ0n) is 11.5. The molecule has 0 aliphatic rings. The molecule has 0 unspecified atom stereocenters. The maximum atomic E-state index is 3.42. The zero-order chi connectivity index (χ0) is 12.3. The minimum atomic E-state index is 0.745. The minimum Gasteiger partial charge on any atom is -0.0654 e. The third-order valence-electron chi connectivity index (χ3n) is 3.49. The molecule has 1 radical (unpaired) electrons. The van der Waals surface area contributed by atoms with Gasteiger partial charge in [0.2, 0.25) is 0 Å². The first-order chi connectivity index (χ1) is 8.38. The smallest absolute Gasteiger partial charge is 0.0146 e.